The molecule has 0 saturated carbocycles. The summed E-state index contributed by atoms with van der Waals surface area (Å²) in [6.07, 6.45) is 1.86. The van der Waals surface area contributed by atoms with Gasteiger partial charge in [-0.3, -0.25) is 9.59 Å². The molecular weight excluding hydrogens is 264 g/mol. The highest BCUT2D eigenvalue weighted by atomic mass is 16.6. The van der Waals surface area contributed by atoms with Crippen molar-refractivity contribution < 1.29 is 28.5 Å². The van der Waals surface area contributed by atoms with E-state index in [2.05, 4.69) is 0 Å². The first kappa shape index (κ1) is 12.6. The summed E-state index contributed by atoms with van der Waals surface area (Å²) in [6, 6.07) is 0. The van der Waals surface area contributed by atoms with Gasteiger partial charge in [0.15, 0.2) is 0 Å². The smallest absolute Gasteiger partial charge is 0.312 e. The maximum absolute atomic E-state index is 12.1. The van der Waals surface area contributed by atoms with Crippen molar-refractivity contribution in [2.45, 2.75) is 37.3 Å². The number of ether oxygens (including phenoxy) is 4. The van der Waals surface area contributed by atoms with Gasteiger partial charge in [0.1, 0.15) is 0 Å². The topological polar surface area (TPSA) is 71.1 Å². The minimum Gasteiger partial charge on any atom is -0.469 e. The first-order valence-corrected chi connectivity index (χ1v) is 7.14. The number of methoxy groups -OCH3 is 2. The van der Waals surface area contributed by atoms with Gasteiger partial charge in [0, 0.05) is 11.8 Å². The summed E-state index contributed by atoms with van der Waals surface area (Å²) < 4.78 is 21.7. The molecule has 0 amide bonds. The van der Waals surface area contributed by atoms with Crippen LogP contribution in [0.25, 0.3) is 0 Å². The molecule has 4 aliphatic rings. The lowest BCUT2D eigenvalue weighted by Crippen LogP contribution is -2.50. The number of hydrogen-bond acceptors (Lipinski definition) is 6. The van der Waals surface area contributed by atoms with E-state index in [9.17, 15) is 9.59 Å². The Hall–Kier alpha value is -1.14. The van der Waals surface area contributed by atoms with Gasteiger partial charge < -0.3 is 18.9 Å². The van der Waals surface area contributed by atoms with Crippen molar-refractivity contribution in [3.05, 3.63) is 0 Å². The summed E-state index contributed by atoms with van der Waals surface area (Å²) >= 11 is 0. The number of carbonyl (C=O) groups is 2. The standard InChI is InChI=1S/C14H18O6/c1-17-13(15)9-10(14(16)18-2)12-8-6-4-3-5(19-6)7(8)11(9)20-12/h5-12H,3-4H2,1-2H3/t5-,6+,7-,8+,9?,10?,11-,12+. The summed E-state index contributed by atoms with van der Waals surface area (Å²) in [7, 11) is 2.69. The van der Waals surface area contributed by atoms with E-state index in [4.69, 9.17) is 18.9 Å². The second-order valence-electron chi connectivity index (χ2n) is 6.11. The molecule has 2 unspecified atom stereocenters. The molecule has 4 heterocycles. The van der Waals surface area contributed by atoms with Crippen LogP contribution < -0.4 is 0 Å². The molecule has 0 aromatic heterocycles. The van der Waals surface area contributed by atoms with Crippen LogP contribution in [0.4, 0.5) is 0 Å². The molecule has 110 valence electrons. The molecule has 0 spiro atoms. The van der Waals surface area contributed by atoms with Gasteiger partial charge in [0.2, 0.25) is 0 Å². The Balaban J connectivity index is 1.70. The fraction of sp³-hybridized carbons (Fsp3) is 0.857. The number of fused-ring (bicyclic) bond motifs is 9. The van der Waals surface area contributed by atoms with Crippen molar-refractivity contribution in [1.29, 1.82) is 0 Å². The Morgan fingerprint density at radius 2 is 1.30 bits per heavy atom. The van der Waals surface area contributed by atoms with Crippen LogP contribution in [0.2, 0.25) is 0 Å². The Kier molecular flexibility index (Phi) is 2.63. The highest BCUT2D eigenvalue weighted by Crippen LogP contribution is 2.60. The third kappa shape index (κ3) is 1.36. The lowest BCUT2D eigenvalue weighted by molar-refractivity contribution is -0.159. The van der Waals surface area contributed by atoms with E-state index in [0.717, 1.165) is 12.8 Å². The highest BCUT2D eigenvalue weighted by molar-refractivity contribution is 5.84. The molecule has 4 aliphatic heterocycles. The van der Waals surface area contributed by atoms with E-state index in [1.165, 1.54) is 14.2 Å². The number of hydrogen-bond donors (Lipinski definition) is 0. The summed E-state index contributed by atoms with van der Waals surface area (Å²) in [5.74, 6) is -1.42. The van der Waals surface area contributed by atoms with Crippen molar-refractivity contribution in [2.24, 2.45) is 23.7 Å². The Labute approximate surface area is 116 Å². The zero-order valence-electron chi connectivity index (χ0n) is 11.5. The molecule has 0 N–H and O–H groups in total. The maximum Gasteiger partial charge on any atom is 0.312 e. The molecule has 4 saturated heterocycles. The fourth-order valence-electron chi connectivity index (χ4n) is 4.87. The minimum absolute atomic E-state index is 0.172. The van der Waals surface area contributed by atoms with E-state index in [1.807, 2.05) is 0 Å². The van der Waals surface area contributed by atoms with E-state index >= 15 is 0 Å². The van der Waals surface area contributed by atoms with Crippen LogP contribution in [0.1, 0.15) is 12.8 Å². The maximum atomic E-state index is 12.1. The molecule has 0 aromatic carbocycles. The van der Waals surface area contributed by atoms with Gasteiger partial charge >= 0.3 is 11.9 Å². The molecule has 6 nitrogen and oxygen atoms in total. The molecule has 4 bridgehead atoms. The van der Waals surface area contributed by atoms with Gasteiger partial charge in [0.05, 0.1) is 50.5 Å². The van der Waals surface area contributed by atoms with E-state index in [-0.39, 0.29) is 48.2 Å². The van der Waals surface area contributed by atoms with Crippen LogP contribution in [0, 0.1) is 23.7 Å². The normalized spacial score (nSPS) is 51.1. The monoisotopic (exact) mass is 282 g/mol. The molecule has 4 rings (SSSR count). The average molecular weight is 282 g/mol. The molecule has 4 fully saturated rings. The molecule has 0 radical (unpaired) electrons. The largest absolute Gasteiger partial charge is 0.469 e. The summed E-state index contributed by atoms with van der Waals surface area (Å²) in [4.78, 5) is 24.2. The average Bonchev–Trinajstić information content (AvgIpc) is 3.20. The molecular formula is C14H18O6. The predicted molar refractivity (Wildman–Crippen MR) is 64.5 cm³/mol. The second-order valence-corrected chi connectivity index (χ2v) is 6.11. The summed E-state index contributed by atoms with van der Waals surface area (Å²) in [5, 5.41) is 0. The number of rotatable bonds is 2. The first-order valence-electron chi connectivity index (χ1n) is 7.14. The quantitative estimate of drug-likeness (QED) is 0.671. The second kappa shape index (κ2) is 4.18. The van der Waals surface area contributed by atoms with Crippen molar-refractivity contribution in [3.8, 4) is 0 Å². The van der Waals surface area contributed by atoms with Gasteiger partial charge in [-0.05, 0) is 12.8 Å². The SMILES string of the molecule is COC(=O)C1C(C(=O)OC)[C@@H]2O[C@H]1[C@@H]1[C@H]2[C@H]2CC[C@@H]1O2. The van der Waals surface area contributed by atoms with Gasteiger partial charge in [0.25, 0.3) is 0 Å². The summed E-state index contributed by atoms with van der Waals surface area (Å²) in [6.45, 7) is 0. The lowest BCUT2D eigenvalue weighted by atomic mass is 9.63. The molecule has 0 aromatic rings. The predicted octanol–water partition coefficient (Wildman–Crippen LogP) is 0.139. The van der Waals surface area contributed by atoms with Crippen LogP contribution in [0.5, 0.6) is 0 Å². The molecule has 20 heavy (non-hydrogen) atoms. The van der Waals surface area contributed by atoms with Crippen molar-refractivity contribution in [2.75, 3.05) is 14.2 Å². The van der Waals surface area contributed by atoms with Crippen molar-refractivity contribution in [3.63, 3.8) is 0 Å². The number of carbonyl (C=O) groups excluding carboxylic acids is 2. The van der Waals surface area contributed by atoms with E-state index < -0.39 is 11.8 Å². The van der Waals surface area contributed by atoms with Crippen molar-refractivity contribution >= 4 is 11.9 Å². The third-order valence-corrected chi connectivity index (χ3v) is 5.50. The van der Waals surface area contributed by atoms with E-state index in [0.29, 0.717) is 0 Å². The Bertz CT molecular complexity index is 423. The number of esters is 2. The molecule has 0 aliphatic carbocycles. The summed E-state index contributed by atoms with van der Waals surface area (Å²) in [5.41, 5.74) is 0. The zero-order chi connectivity index (χ0) is 14.0. The Morgan fingerprint density at radius 1 is 0.850 bits per heavy atom. The Morgan fingerprint density at radius 3 is 1.70 bits per heavy atom. The van der Waals surface area contributed by atoms with Crippen LogP contribution in [0.15, 0.2) is 0 Å². The van der Waals surface area contributed by atoms with Crippen LogP contribution in [-0.4, -0.2) is 50.6 Å². The lowest BCUT2D eigenvalue weighted by Gasteiger charge is -2.35. The minimum atomic E-state index is -0.554. The third-order valence-electron chi connectivity index (χ3n) is 5.50. The van der Waals surface area contributed by atoms with Crippen LogP contribution in [0.3, 0.4) is 0 Å². The van der Waals surface area contributed by atoms with Gasteiger partial charge in [-0.1, -0.05) is 0 Å². The first-order chi connectivity index (χ1) is 9.67. The fourth-order valence-corrected chi connectivity index (χ4v) is 4.87. The van der Waals surface area contributed by atoms with Crippen molar-refractivity contribution in [1.82, 2.24) is 0 Å². The van der Waals surface area contributed by atoms with Gasteiger partial charge in [-0.2, -0.15) is 0 Å². The molecule has 6 heteroatoms. The zero-order valence-corrected chi connectivity index (χ0v) is 11.5. The van der Waals surface area contributed by atoms with E-state index in [1.54, 1.807) is 0 Å². The van der Waals surface area contributed by atoms with Gasteiger partial charge in [-0.15, -0.1) is 0 Å². The van der Waals surface area contributed by atoms with Gasteiger partial charge in [-0.25, -0.2) is 0 Å². The highest BCUT2D eigenvalue weighted by Gasteiger charge is 2.71. The van der Waals surface area contributed by atoms with Crippen LogP contribution >= 0.6 is 0 Å². The molecule has 8 atom stereocenters. The van der Waals surface area contributed by atoms with Crippen LogP contribution in [-0.2, 0) is 28.5 Å².